The highest BCUT2D eigenvalue weighted by Gasteiger charge is 2.32. The molecule has 0 aliphatic carbocycles. The Labute approximate surface area is 201 Å². The van der Waals surface area contributed by atoms with Gasteiger partial charge in [-0.1, -0.05) is 37.3 Å². The molecule has 180 valence electrons. The molecule has 0 saturated carbocycles. The lowest BCUT2D eigenvalue weighted by molar-refractivity contribution is -0.142. The Morgan fingerprint density at radius 2 is 1.41 bits per heavy atom. The molecule has 0 spiro atoms. The van der Waals surface area contributed by atoms with Crippen molar-refractivity contribution in [1.82, 2.24) is 14.7 Å². The van der Waals surface area contributed by atoms with Crippen molar-refractivity contribution in [3.63, 3.8) is 0 Å². The van der Waals surface area contributed by atoms with Crippen LogP contribution in [0.5, 0.6) is 5.75 Å². The predicted molar refractivity (Wildman–Crippen MR) is 130 cm³/mol. The first-order chi connectivity index (χ1) is 16.5. The summed E-state index contributed by atoms with van der Waals surface area (Å²) in [6.07, 6.45) is 2.28. The van der Waals surface area contributed by atoms with Gasteiger partial charge in [0.2, 0.25) is 5.91 Å². The summed E-state index contributed by atoms with van der Waals surface area (Å²) in [5.74, 6) is 0.736. The Kier molecular flexibility index (Phi) is 7.83. The van der Waals surface area contributed by atoms with Gasteiger partial charge in [0.15, 0.2) is 6.61 Å². The first-order valence-electron chi connectivity index (χ1n) is 12.2. The van der Waals surface area contributed by atoms with Gasteiger partial charge in [0, 0.05) is 50.7 Å². The van der Waals surface area contributed by atoms with Crippen LogP contribution in [0.1, 0.15) is 35.7 Å². The number of piperidine rings is 1. The van der Waals surface area contributed by atoms with Crippen molar-refractivity contribution in [2.24, 2.45) is 5.92 Å². The summed E-state index contributed by atoms with van der Waals surface area (Å²) in [6.45, 7) is 5.46. The van der Waals surface area contributed by atoms with Crippen molar-refractivity contribution in [2.75, 3.05) is 45.9 Å². The molecule has 2 aliphatic rings. The molecule has 0 bridgehead atoms. The Balaban J connectivity index is 1.20. The van der Waals surface area contributed by atoms with Crippen LogP contribution in [0.15, 0.2) is 54.6 Å². The second-order valence-corrected chi connectivity index (χ2v) is 8.92. The summed E-state index contributed by atoms with van der Waals surface area (Å²) in [7, 11) is 0. The maximum Gasteiger partial charge on any atom is 0.260 e. The van der Waals surface area contributed by atoms with E-state index < -0.39 is 0 Å². The minimum absolute atomic E-state index is 0.0137. The quantitative estimate of drug-likeness (QED) is 0.661. The molecule has 0 radical (unpaired) electrons. The Hall–Kier alpha value is -3.35. The molecule has 7 heteroatoms. The lowest BCUT2D eigenvalue weighted by Crippen LogP contribution is -2.53. The number of carbonyl (C=O) groups excluding carboxylic acids is 3. The predicted octanol–water partition coefficient (Wildman–Crippen LogP) is 2.85. The van der Waals surface area contributed by atoms with E-state index in [0.717, 1.165) is 6.42 Å². The molecule has 0 N–H and O–H groups in total. The number of rotatable bonds is 6. The van der Waals surface area contributed by atoms with Crippen molar-refractivity contribution >= 4 is 17.7 Å². The molecule has 2 aromatic carbocycles. The first kappa shape index (κ1) is 23.8. The number of hydrogen-bond acceptors (Lipinski definition) is 4. The number of ether oxygens (including phenoxy) is 1. The fraction of sp³-hybridized carbons (Fsp3) is 0.444. The largest absolute Gasteiger partial charge is 0.484 e. The first-order valence-corrected chi connectivity index (χ1v) is 12.2. The molecule has 4 rings (SSSR count). The third-order valence-electron chi connectivity index (χ3n) is 6.79. The Morgan fingerprint density at radius 1 is 0.794 bits per heavy atom. The van der Waals surface area contributed by atoms with E-state index in [4.69, 9.17) is 4.74 Å². The number of benzene rings is 2. The van der Waals surface area contributed by atoms with Gasteiger partial charge in [0.25, 0.3) is 11.8 Å². The molecule has 0 aromatic heterocycles. The second kappa shape index (κ2) is 11.2. The minimum atomic E-state index is -0.0667. The SMILES string of the molecule is CCc1ccc(C(=O)N2CCN(C(=O)C3CCN(C(=O)COc4ccccc4)CC3)CC2)cc1. The van der Waals surface area contributed by atoms with Crippen LogP contribution in [0.25, 0.3) is 0 Å². The Morgan fingerprint density at radius 3 is 2.03 bits per heavy atom. The van der Waals surface area contributed by atoms with E-state index in [-0.39, 0.29) is 30.2 Å². The van der Waals surface area contributed by atoms with Crippen LogP contribution in [0.2, 0.25) is 0 Å². The second-order valence-electron chi connectivity index (χ2n) is 8.92. The number of likely N-dealkylation sites (tertiary alicyclic amines) is 1. The fourth-order valence-corrected chi connectivity index (χ4v) is 4.58. The smallest absolute Gasteiger partial charge is 0.260 e. The van der Waals surface area contributed by atoms with Crippen LogP contribution in [-0.2, 0) is 16.0 Å². The van der Waals surface area contributed by atoms with Crippen LogP contribution in [0, 0.1) is 5.92 Å². The highest BCUT2D eigenvalue weighted by molar-refractivity contribution is 5.94. The highest BCUT2D eigenvalue weighted by Crippen LogP contribution is 2.21. The Bertz CT molecular complexity index is 977. The van der Waals surface area contributed by atoms with Gasteiger partial charge in [-0.3, -0.25) is 14.4 Å². The van der Waals surface area contributed by atoms with Crippen LogP contribution >= 0.6 is 0 Å². The van der Waals surface area contributed by atoms with E-state index in [9.17, 15) is 14.4 Å². The fourth-order valence-electron chi connectivity index (χ4n) is 4.58. The van der Waals surface area contributed by atoms with E-state index in [2.05, 4.69) is 6.92 Å². The van der Waals surface area contributed by atoms with E-state index in [1.807, 2.05) is 64.4 Å². The van der Waals surface area contributed by atoms with Crippen LogP contribution in [0.4, 0.5) is 0 Å². The summed E-state index contributed by atoms with van der Waals surface area (Å²) in [6, 6.07) is 17.1. The maximum absolute atomic E-state index is 13.1. The van der Waals surface area contributed by atoms with Gasteiger partial charge >= 0.3 is 0 Å². The summed E-state index contributed by atoms with van der Waals surface area (Å²) >= 11 is 0. The molecule has 2 aliphatic heterocycles. The molecule has 3 amide bonds. The summed E-state index contributed by atoms with van der Waals surface area (Å²) in [5, 5.41) is 0. The molecule has 34 heavy (non-hydrogen) atoms. The molecule has 0 atom stereocenters. The van der Waals surface area contributed by atoms with E-state index >= 15 is 0 Å². The standard InChI is InChI=1S/C27H33N3O4/c1-2-21-8-10-22(11-9-21)26(32)29-16-18-30(19-17-29)27(33)23-12-14-28(15-13-23)25(31)20-34-24-6-4-3-5-7-24/h3-11,23H,2,12-20H2,1H3. The van der Waals surface area contributed by atoms with Gasteiger partial charge in [-0.15, -0.1) is 0 Å². The van der Waals surface area contributed by atoms with Crippen LogP contribution in [-0.4, -0.2) is 78.3 Å². The van der Waals surface area contributed by atoms with Crippen LogP contribution in [0.3, 0.4) is 0 Å². The highest BCUT2D eigenvalue weighted by atomic mass is 16.5. The monoisotopic (exact) mass is 463 g/mol. The van der Waals surface area contributed by atoms with Crippen LogP contribution < -0.4 is 4.74 Å². The topological polar surface area (TPSA) is 70.2 Å². The number of para-hydroxylation sites is 1. The van der Waals surface area contributed by atoms with Gasteiger partial charge in [-0.25, -0.2) is 0 Å². The summed E-state index contributed by atoms with van der Waals surface area (Å²) < 4.78 is 5.56. The van der Waals surface area contributed by atoms with E-state index in [0.29, 0.717) is 63.4 Å². The van der Waals surface area contributed by atoms with Gasteiger partial charge in [0.05, 0.1) is 0 Å². The number of carbonyl (C=O) groups is 3. The lowest BCUT2D eigenvalue weighted by Gasteiger charge is -2.38. The molecule has 2 aromatic rings. The third kappa shape index (κ3) is 5.76. The van der Waals surface area contributed by atoms with Gasteiger partial charge in [-0.05, 0) is 49.1 Å². The number of aryl methyl sites for hydroxylation is 1. The molecule has 0 unspecified atom stereocenters. The molecular formula is C27H33N3O4. The number of nitrogens with zero attached hydrogens (tertiary/aromatic N) is 3. The van der Waals surface area contributed by atoms with E-state index in [1.165, 1.54) is 5.56 Å². The average Bonchev–Trinajstić information content (AvgIpc) is 2.91. The van der Waals surface area contributed by atoms with Gasteiger partial charge in [0.1, 0.15) is 5.75 Å². The minimum Gasteiger partial charge on any atom is -0.484 e. The third-order valence-corrected chi connectivity index (χ3v) is 6.79. The zero-order chi connectivity index (χ0) is 23.9. The molecular weight excluding hydrogens is 430 g/mol. The summed E-state index contributed by atoms with van der Waals surface area (Å²) in [4.78, 5) is 43.8. The summed E-state index contributed by atoms with van der Waals surface area (Å²) in [5.41, 5.74) is 1.91. The zero-order valence-corrected chi connectivity index (χ0v) is 19.8. The number of amides is 3. The van der Waals surface area contributed by atoms with Crippen molar-refractivity contribution < 1.29 is 19.1 Å². The molecule has 2 heterocycles. The number of hydrogen-bond donors (Lipinski definition) is 0. The molecule has 2 fully saturated rings. The van der Waals surface area contributed by atoms with Crippen molar-refractivity contribution in [3.8, 4) is 5.75 Å². The van der Waals surface area contributed by atoms with Gasteiger partial charge < -0.3 is 19.4 Å². The van der Waals surface area contributed by atoms with Gasteiger partial charge in [-0.2, -0.15) is 0 Å². The van der Waals surface area contributed by atoms with Crippen molar-refractivity contribution in [2.45, 2.75) is 26.2 Å². The van der Waals surface area contributed by atoms with Crippen molar-refractivity contribution in [1.29, 1.82) is 0 Å². The van der Waals surface area contributed by atoms with E-state index in [1.54, 1.807) is 4.90 Å². The lowest BCUT2D eigenvalue weighted by atomic mass is 9.95. The molecule has 7 nitrogen and oxygen atoms in total. The normalized spacial score (nSPS) is 16.9. The average molecular weight is 464 g/mol. The zero-order valence-electron chi connectivity index (χ0n) is 19.8. The van der Waals surface area contributed by atoms with Crippen molar-refractivity contribution in [3.05, 3.63) is 65.7 Å². The maximum atomic E-state index is 13.1. The number of piperazine rings is 1. The molecule has 2 saturated heterocycles.